The van der Waals surface area contributed by atoms with Crippen LogP contribution in [0.4, 0.5) is 4.79 Å². The number of carboxylic acids is 1. The first kappa shape index (κ1) is 10.1. The van der Waals surface area contributed by atoms with Crippen molar-refractivity contribution in [1.82, 2.24) is 9.96 Å². The number of hydroxylamine groups is 2. The maximum absolute atomic E-state index is 11.7. The lowest BCUT2D eigenvalue weighted by molar-refractivity contribution is -0.142. The third-order valence-corrected chi connectivity index (χ3v) is 3.30. The van der Waals surface area contributed by atoms with Gasteiger partial charge >= 0.3 is 12.0 Å². The molecule has 2 heterocycles. The lowest BCUT2D eigenvalue weighted by Crippen LogP contribution is -2.38. The summed E-state index contributed by atoms with van der Waals surface area (Å²) >= 11 is 0. The van der Waals surface area contributed by atoms with Crippen molar-refractivity contribution in [2.24, 2.45) is 0 Å². The summed E-state index contributed by atoms with van der Waals surface area (Å²) < 4.78 is 0. The molecule has 0 aliphatic carbocycles. The van der Waals surface area contributed by atoms with Gasteiger partial charge in [0, 0.05) is 0 Å². The fraction of sp³-hybridized carbons (Fsp3) is 0.273. The van der Waals surface area contributed by atoms with E-state index in [9.17, 15) is 19.9 Å². The van der Waals surface area contributed by atoms with Gasteiger partial charge in [0.05, 0.1) is 6.54 Å². The number of amides is 2. The Labute approximate surface area is 96.6 Å². The van der Waals surface area contributed by atoms with E-state index < -0.39 is 24.1 Å². The van der Waals surface area contributed by atoms with Gasteiger partial charge in [0.2, 0.25) is 0 Å². The molecule has 2 atom stereocenters. The Kier molecular flexibility index (Phi) is 1.90. The fourth-order valence-electron chi connectivity index (χ4n) is 2.55. The van der Waals surface area contributed by atoms with Crippen LogP contribution in [-0.4, -0.2) is 38.8 Å². The lowest BCUT2D eigenvalue weighted by atomic mass is 9.91. The number of aliphatic carboxylic acids is 1. The molecule has 88 valence electrons. The second-order valence-corrected chi connectivity index (χ2v) is 4.16. The molecular weight excluding hydrogens is 224 g/mol. The molecule has 1 aromatic carbocycles. The van der Waals surface area contributed by atoms with Crippen LogP contribution in [-0.2, 0) is 4.79 Å². The van der Waals surface area contributed by atoms with Gasteiger partial charge in [-0.05, 0) is 11.1 Å². The van der Waals surface area contributed by atoms with Crippen LogP contribution in [0.3, 0.4) is 0 Å². The van der Waals surface area contributed by atoms with Crippen LogP contribution in [0.2, 0.25) is 0 Å². The van der Waals surface area contributed by atoms with Crippen molar-refractivity contribution in [3.8, 4) is 0 Å². The summed E-state index contributed by atoms with van der Waals surface area (Å²) in [4.78, 5) is 24.1. The summed E-state index contributed by atoms with van der Waals surface area (Å²) in [5, 5.41) is 19.5. The number of carboxylic acid groups (broad SMARTS) is 1. The highest BCUT2D eigenvalue weighted by atomic mass is 16.5. The SMILES string of the molecule is O=C(O)[C@H]1c2ccccc2[C@H]2CN1C(=O)N2O. The molecule has 0 unspecified atom stereocenters. The smallest absolute Gasteiger partial charge is 0.345 e. The Morgan fingerprint density at radius 1 is 1.29 bits per heavy atom. The average Bonchev–Trinajstić information content (AvgIpc) is 2.56. The molecule has 2 amide bonds. The van der Waals surface area contributed by atoms with Gasteiger partial charge in [0.1, 0.15) is 6.04 Å². The van der Waals surface area contributed by atoms with E-state index >= 15 is 0 Å². The monoisotopic (exact) mass is 234 g/mol. The Balaban J connectivity index is 2.21. The van der Waals surface area contributed by atoms with Gasteiger partial charge in [0.25, 0.3) is 0 Å². The van der Waals surface area contributed by atoms with Crippen LogP contribution in [0.1, 0.15) is 23.2 Å². The van der Waals surface area contributed by atoms with Gasteiger partial charge in [-0.3, -0.25) is 5.21 Å². The highest BCUT2D eigenvalue weighted by Crippen LogP contribution is 2.42. The van der Waals surface area contributed by atoms with Crippen LogP contribution in [0.15, 0.2) is 24.3 Å². The molecule has 1 fully saturated rings. The van der Waals surface area contributed by atoms with Crippen LogP contribution >= 0.6 is 0 Å². The van der Waals surface area contributed by atoms with Crippen molar-refractivity contribution in [2.45, 2.75) is 12.1 Å². The lowest BCUT2D eigenvalue weighted by Gasteiger charge is -2.29. The van der Waals surface area contributed by atoms with Crippen molar-refractivity contribution in [3.63, 3.8) is 0 Å². The predicted octanol–water partition coefficient (Wildman–Crippen LogP) is 0.994. The minimum absolute atomic E-state index is 0.212. The highest BCUT2D eigenvalue weighted by molar-refractivity contribution is 5.87. The molecule has 0 saturated carbocycles. The molecular formula is C11H10N2O4. The van der Waals surface area contributed by atoms with Gasteiger partial charge in [-0.25, -0.2) is 9.59 Å². The molecule has 3 rings (SSSR count). The van der Waals surface area contributed by atoms with E-state index in [1.54, 1.807) is 24.3 Å². The topological polar surface area (TPSA) is 81.1 Å². The van der Waals surface area contributed by atoms with Crippen molar-refractivity contribution < 1.29 is 19.9 Å². The first-order chi connectivity index (χ1) is 8.11. The largest absolute Gasteiger partial charge is 0.479 e. The zero-order valence-electron chi connectivity index (χ0n) is 8.78. The Morgan fingerprint density at radius 3 is 2.59 bits per heavy atom. The summed E-state index contributed by atoms with van der Waals surface area (Å²) in [5.41, 5.74) is 1.27. The number of carbonyl (C=O) groups is 2. The van der Waals surface area contributed by atoms with E-state index in [2.05, 4.69) is 0 Å². The number of fused-ring (bicyclic) bond motifs is 4. The molecule has 0 radical (unpaired) electrons. The number of rotatable bonds is 1. The molecule has 6 nitrogen and oxygen atoms in total. The normalized spacial score (nSPS) is 26.1. The highest BCUT2D eigenvalue weighted by Gasteiger charge is 2.49. The number of benzene rings is 1. The van der Waals surface area contributed by atoms with E-state index in [0.29, 0.717) is 16.2 Å². The van der Waals surface area contributed by atoms with E-state index in [0.717, 1.165) is 0 Å². The maximum Gasteiger partial charge on any atom is 0.345 e. The number of hydrogen-bond donors (Lipinski definition) is 2. The van der Waals surface area contributed by atoms with E-state index in [1.807, 2.05) is 0 Å². The number of hydrogen-bond acceptors (Lipinski definition) is 3. The van der Waals surface area contributed by atoms with Crippen LogP contribution in [0, 0.1) is 0 Å². The second-order valence-electron chi connectivity index (χ2n) is 4.16. The van der Waals surface area contributed by atoms with Crippen LogP contribution in [0.25, 0.3) is 0 Å². The minimum atomic E-state index is -1.08. The first-order valence-electron chi connectivity index (χ1n) is 5.21. The zero-order valence-corrected chi connectivity index (χ0v) is 8.78. The summed E-state index contributed by atoms with van der Waals surface area (Å²) in [6.07, 6.45) is 0. The van der Waals surface area contributed by atoms with Crippen molar-refractivity contribution >= 4 is 12.0 Å². The average molecular weight is 234 g/mol. The van der Waals surface area contributed by atoms with E-state index in [1.165, 1.54) is 4.90 Å². The Morgan fingerprint density at radius 2 is 1.94 bits per heavy atom. The van der Waals surface area contributed by atoms with Crippen LogP contribution in [0.5, 0.6) is 0 Å². The molecule has 0 spiro atoms. The summed E-state index contributed by atoms with van der Waals surface area (Å²) in [5.74, 6) is -1.08. The van der Waals surface area contributed by atoms with Gasteiger partial charge in [0.15, 0.2) is 6.04 Å². The minimum Gasteiger partial charge on any atom is -0.479 e. The van der Waals surface area contributed by atoms with E-state index in [-0.39, 0.29) is 6.54 Å². The molecule has 1 saturated heterocycles. The Hall–Kier alpha value is -2.08. The predicted molar refractivity (Wildman–Crippen MR) is 55.3 cm³/mol. The van der Waals surface area contributed by atoms with E-state index in [4.69, 9.17) is 0 Å². The third kappa shape index (κ3) is 1.18. The Bertz CT molecular complexity index is 516. The summed E-state index contributed by atoms with van der Waals surface area (Å²) in [6.45, 7) is 0.212. The van der Waals surface area contributed by atoms with Gasteiger partial charge in [-0.2, -0.15) is 5.06 Å². The van der Waals surface area contributed by atoms with Gasteiger partial charge in [-0.1, -0.05) is 24.3 Å². The molecule has 2 aliphatic heterocycles. The zero-order chi connectivity index (χ0) is 12.2. The molecule has 0 aromatic heterocycles. The first-order valence-corrected chi connectivity index (χ1v) is 5.21. The summed E-state index contributed by atoms with van der Waals surface area (Å²) in [6, 6.07) is 4.80. The standard InChI is InChI=1S/C11H10N2O4/c14-10(15)9-7-4-2-1-3-6(7)8-5-12(9)11(16)13(8)17/h1-4,8-9,17H,5H2,(H,14,15)/t8-,9-/m1/s1. The molecule has 2 aliphatic rings. The van der Waals surface area contributed by atoms with Gasteiger partial charge in [-0.15, -0.1) is 0 Å². The number of nitrogens with zero attached hydrogens (tertiary/aromatic N) is 2. The fourth-order valence-corrected chi connectivity index (χ4v) is 2.55. The summed E-state index contributed by atoms with van der Waals surface area (Å²) in [7, 11) is 0. The maximum atomic E-state index is 11.7. The number of urea groups is 1. The molecule has 2 bridgehead atoms. The number of carbonyl (C=O) groups excluding carboxylic acids is 1. The van der Waals surface area contributed by atoms with Crippen molar-refractivity contribution in [2.75, 3.05) is 6.54 Å². The molecule has 2 N–H and O–H groups in total. The molecule has 6 heteroatoms. The molecule has 1 aromatic rings. The van der Waals surface area contributed by atoms with Crippen molar-refractivity contribution in [1.29, 1.82) is 0 Å². The van der Waals surface area contributed by atoms with Crippen LogP contribution < -0.4 is 0 Å². The van der Waals surface area contributed by atoms with Crippen molar-refractivity contribution in [3.05, 3.63) is 35.4 Å². The molecule has 17 heavy (non-hydrogen) atoms. The second kappa shape index (κ2) is 3.21. The van der Waals surface area contributed by atoms with Gasteiger partial charge < -0.3 is 10.0 Å². The third-order valence-electron chi connectivity index (χ3n) is 3.30. The quantitative estimate of drug-likeness (QED) is 0.710.